The fourth-order valence-corrected chi connectivity index (χ4v) is 2.43. The van der Waals surface area contributed by atoms with Crippen molar-refractivity contribution in [2.75, 3.05) is 20.1 Å². The van der Waals surface area contributed by atoms with Crippen LogP contribution in [0.15, 0.2) is 30.3 Å². The number of carbonyl (C=O) groups excluding carboxylic acids is 1. The van der Waals surface area contributed by atoms with Crippen LogP contribution in [0.1, 0.15) is 17.3 Å². The normalized spacial score (nSPS) is 24.8. The quantitative estimate of drug-likeness (QED) is 0.791. The highest BCUT2D eigenvalue weighted by Crippen LogP contribution is 2.29. The van der Waals surface area contributed by atoms with E-state index in [1.807, 2.05) is 0 Å². The second-order valence-corrected chi connectivity index (χ2v) is 5.15. The zero-order chi connectivity index (χ0) is 14.9. The van der Waals surface area contributed by atoms with Crippen LogP contribution >= 0.6 is 0 Å². The summed E-state index contributed by atoms with van der Waals surface area (Å²) in [5, 5.41) is 0. The van der Waals surface area contributed by atoms with E-state index in [0.29, 0.717) is 12.1 Å². The van der Waals surface area contributed by atoms with Crippen molar-refractivity contribution in [3.63, 3.8) is 0 Å². The molecular weight excluding hydrogens is 269 g/mol. The number of nitrogens with zero attached hydrogens (tertiary/aromatic N) is 2. The highest BCUT2D eigenvalue weighted by molar-refractivity contribution is 5.94. The third-order valence-electron chi connectivity index (χ3n) is 3.75. The molecule has 1 aromatic rings. The monoisotopic (exact) mass is 286 g/mol. The molecule has 0 bridgehead atoms. The summed E-state index contributed by atoms with van der Waals surface area (Å²) in [5.41, 5.74) is 0.421. The van der Waals surface area contributed by atoms with Gasteiger partial charge in [-0.2, -0.15) is 13.2 Å². The lowest BCUT2D eigenvalue weighted by atomic mass is 10.1. The van der Waals surface area contributed by atoms with E-state index in [2.05, 4.69) is 0 Å². The minimum absolute atomic E-state index is 0.302. The topological polar surface area (TPSA) is 23.6 Å². The molecule has 110 valence electrons. The minimum Gasteiger partial charge on any atom is -0.335 e. The van der Waals surface area contributed by atoms with Crippen molar-refractivity contribution in [3.8, 4) is 0 Å². The summed E-state index contributed by atoms with van der Waals surface area (Å²) >= 11 is 0. The highest BCUT2D eigenvalue weighted by Gasteiger charge is 2.47. The molecule has 0 saturated carbocycles. The van der Waals surface area contributed by atoms with Gasteiger partial charge in [0.05, 0.1) is 0 Å². The maximum atomic E-state index is 13.0. The van der Waals surface area contributed by atoms with Crippen LogP contribution in [0.5, 0.6) is 0 Å². The Kier molecular flexibility index (Phi) is 4.04. The smallest absolute Gasteiger partial charge is 0.335 e. The fraction of sp³-hybridized carbons (Fsp3) is 0.500. The van der Waals surface area contributed by atoms with Gasteiger partial charge in [-0.1, -0.05) is 18.2 Å². The van der Waals surface area contributed by atoms with Crippen molar-refractivity contribution in [1.82, 2.24) is 9.80 Å². The van der Waals surface area contributed by atoms with E-state index < -0.39 is 12.2 Å². The summed E-state index contributed by atoms with van der Waals surface area (Å²) in [6.45, 7) is 1.68. The number of hydrogen-bond donors (Lipinski definition) is 0. The molecule has 2 atom stereocenters. The number of rotatable bonds is 1. The lowest BCUT2D eigenvalue weighted by Crippen LogP contribution is -2.62. The number of halogens is 3. The summed E-state index contributed by atoms with van der Waals surface area (Å²) in [7, 11) is 1.45. The molecule has 0 aliphatic carbocycles. The van der Waals surface area contributed by atoms with Gasteiger partial charge in [0.25, 0.3) is 5.91 Å². The molecule has 0 radical (unpaired) electrons. The summed E-state index contributed by atoms with van der Waals surface area (Å²) in [5.74, 6) is -0.347. The first-order chi connectivity index (χ1) is 9.30. The van der Waals surface area contributed by atoms with Crippen molar-refractivity contribution in [2.24, 2.45) is 0 Å². The van der Waals surface area contributed by atoms with Crippen molar-refractivity contribution in [2.45, 2.75) is 25.2 Å². The molecule has 1 saturated heterocycles. The maximum Gasteiger partial charge on any atom is 0.405 e. The predicted molar refractivity (Wildman–Crippen MR) is 69.4 cm³/mol. The van der Waals surface area contributed by atoms with E-state index in [0.717, 1.165) is 0 Å². The summed E-state index contributed by atoms with van der Waals surface area (Å²) in [4.78, 5) is 14.8. The van der Waals surface area contributed by atoms with E-state index in [-0.39, 0.29) is 18.5 Å². The van der Waals surface area contributed by atoms with Crippen LogP contribution in [0.2, 0.25) is 0 Å². The van der Waals surface area contributed by atoms with Crippen LogP contribution in [-0.4, -0.2) is 54.1 Å². The molecule has 1 fully saturated rings. The van der Waals surface area contributed by atoms with Crippen LogP contribution in [-0.2, 0) is 0 Å². The average molecular weight is 286 g/mol. The number of carbonyl (C=O) groups is 1. The minimum atomic E-state index is -4.33. The molecule has 6 heteroatoms. The average Bonchev–Trinajstić information content (AvgIpc) is 2.40. The van der Waals surface area contributed by atoms with Gasteiger partial charge in [-0.3, -0.25) is 9.69 Å². The number of piperazine rings is 1. The molecule has 20 heavy (non-hydrogen) atoms. The first kappa shape index (κ1) is 14.8. The third-order valence-corrected chi connectivity index (χ3v) is 3.75. The van der Waals surface area contributed by atoms with E-state index in [1.165, 1.54) is 16.8 Å². The molecule has 3 nitrogen and oxygen atoms in total. The van der Waals surface area contributed by atoms with Gasteiger partial charge in [0.1, 0.15) is 6.04 Å². The molecule has 2 unspecified atom stereocenters. The molecule has 0 spiro atoms. The SMILES string of the molecule is CC1CN(C(=O)c2ccccc2)CC(C(F)(F)F)N1C. The molecule has 1 aliphatic heterocycles. The Morgan fingerprint density at radius 1 is 1.20 bits per heavy atom. The Balaban J connectivity index is 2.19. The molecule has 0 N–H and O–H groups in total. The van der Waals surface area contributed by atoms with Crippen LogP contribution in [0.25, 0.3) is 0 Å². The number of alkyl halides is 3. The van der Waals surface area contributed by atoms with Gasteiger partial charge in [0.2, 0.25) is 0 Å². The molecule has 1 amide bonds. The molecule has 0 aromatic heterocycles. The Bertz CT molecular complexity index is 475. The molecule has 1 aromatic carbocycles. The van der Waals surface area contributed by atoms with Crippen molar-refractivity contribution in [3.05, 3.63) is 35.9 Å². The number of benzene rings is 1. The van der Waals surface area contributed by atoms with Gasteiger partial charge < -0.3 is 4.90 Å². The van der Waals surface area contributed by atoms with Gasteiger partial charge in [-0.05, 0) is 26.1 Å². The van der Waals surface area contributed by atoms with E-state index in [9.17, 15) is 18.0 Å². The first-order valence-electron chi connectivity index (χ1n) is 6.43. The molecular formula is C14H17F3N2O. The second-order valence-electron chi connectivity index (χ2n) is 5.15. The summed E-state index contributed by atoms with van der Waals surface area (Å²) in [6.07, 6.45) is -4.33. The zero-order valence-electron chi connectivity index (χ0n) is 11.4. The Morgan fingerprint density at radius 3 is 2.35 bits per heavy atom. The van der Waals surface area contributed by atoms with Gasteiger partial charge in [0, 0.05) is 24.7 Å². The third kappa shape index (κ3) is 2.95. The standard InChI is InChI=1S/C14H17F3N2O/c1-10-8-19(9-12(18(10)2)14(15,16)17)13(20)11-6-4-3-5-7-11/h3-7,10,12H,8-9H2,1-2H3. The first-order valence-corrected chi connectivity index (χ1v) is 6.43. The molecule has 1 aliphatic rings. The number of hydrogen-bond acceptors (Lipinski definition) is 2. The van der Waals surface area contributed by atoms with Crippen molar-refractivity contribution < 1.29 is 18.0 Å². The summed E-state index contributed by atoms with van der Waals surface area (Å²) < 4.78 is 39.1. The molecule has 1 heterocycles. The van der Waals surface area contributed by atoms with Crippen LogP contribution in [0.4, 0.5) is 13.2 Å². The largest absolute Gasteiger partial charge is 0.405 e. The lowest BCUT2D eigenvalue weighted by molar-refractivity contribution is -0.197. The van der Waals surface area contributed by atoms with Crippen LogP contribution < -0.4 is 0 Å². The second kappa shape index (κ2) is 5.44. The fourth-order valence-electron chi connectivity index (χ4n) is 2.43. The van der Waals surface area contributed by atoms with E-state index in [1.54, 1.807) is 37.3 Å². The van der Waals surface area contributed by atoms with Crippen LogP contribution in [0.3, 0.4) is 0 Å². The summed E-state index contributed by atoms with van der Waals surface area (Å²) in [6, 6.07) is 6.47. The Morgan fingerprint density at radius 2 is 1.80 bits per heavy atom. The van der Waals surface area contributed by atoms with Gasteiger partial charge in [0.15, 0.2) is 0 Å². The predicted octanol–water partition coefficient (Wildman–Crippen LogP) is 2.39. The van der Waals surface area contributed by atoms with Crippen LogP contribution in [0, 0.1) is 0 Å². The Hall–Kier alpha value is -1.56. The maximum absolute atomic E-state index is 13.0. The van der Waals surface area contributed by atoms with E-state index >= 15 is 0 Å². The highest BCUT2D eigenvalue weighted by atomic mass is 19.4. The van der Waals surface area contributed by atoms with Gasteiger partial charge >= 0.3 is 6.18 Å². The number of amides is 1. The molecule has 2 rings (SSSR count). The zero-order valence-corrected chi connectivity index (χ0v) is 11.4. The van der Waals surface area contributed by atoms with Crippen molar-refractivity contribution >= 4 is 5.91 Å². The Labute approximate surface area is 116 Å². The lowest BCUT2D eigenvalue weighted by Gasteiger charge is -2.44. The van der Waals surface area contributed by atoms with Crippen molar-refractivity contribution in [1.29, 1.82) is 0 Å². The van der Waals surface area contributed by atoms with Gasteiger partial charge in [-0.25, -0.2) is 0 Å². The van der Waals surface area contributed by atoms with Gasteiger partial charge in [-0.15, -0.1) is 0 Å². The van der Waals surface area contributed by atoms with E-state index in [4.69, 9.17) is 0 Å². The number of likely N-dealkylation sites (N-methyl/N-ethyl adjacent to an activating group) is 1.